The van der Waals surface area contributed by atoms with Crippen LogP contribution < -0.4 is 11.4 Å². The molecule has 1 amide bonds. The number of aliphatic hydroxyl groups is 1. The van der Waals surface area contributed by atoms with Crippen molar-refractivity contribution in [3.8, 4) is 11.4 Å². The molecule has 1 heterocycles. The quantitative estimate of drug-likeness (QED) is 0.375. The van der Waals surface area contributed by atoms with Crippen LogP contribution >= 0.6 is 11.6 Å². The number of carbonyl (C=O) groups excluding carboxylic acids is 2. The number of aromatic nitrogens is 3. The van der Waals surface area contributed by atoms with Gasteiger partial charge in [0.05, 0.1) is 17.5 Å². The molecule has 0 aliphatic rings. The van der Waals surface area contributed by atoms with Crippen molar-refractivity contribution in [3.63, 3.8) is 0 Å². The smallest absolute Gasteiger partial charge is 0.382 e. The number of halogens is 7. The van der Waals surface area contributed by atoms with Crippen molar-refractivity contribution in [3.05, 3.63) is 75.2 Å². The number of aliphatic hydroxyl groups excluding tert-OH is 1. The van der Waals surface area contributed by atoms with E-state index < -0.39 is 66.3 Å². The number of Topliss-reactive ketones (excluding diaryl/α,β-unsaturated/α-hetero) is 1. The number of amides is 1. The van der Waals surface area contributed by atoms with Crippen molar-refractivity contribution < 1.29 is 41.0 Å². The second-order valence-electron chi connectivity index (χ2n) is 8.93. The molecule has 39 heavy (non-hydrogen) atoms. The molecule has 2 aromatic carbocycles. The number of alkyl halides is 6. The van der Waals surface area contributed by atoms with Crippen LogP contribution in [-0.4, -0.2) is 43.4 Å². The van der Waals surface area contributed by atoms with Gasteiger partial charge in [-0.2, -0.15) is 26.3 Å². The van der Waals surface area contributed by atoms with E-state index in [0.29, 0.717) is 15.3 Å². The van der Waals surface area contributed by atoms with Crippen molar-refractivity contribution in [1.29, 1.82) is 0 Å². The summed E-state index contributed by atoms with van der Waals surface area (Å²) in [6, 6.07) is 9.14. The summed E-state index contributed by atoms with van der Waals surface area (Å²) in [6.07, 6.45) is -13.5. The van der Waals surface area contributed by atoms with E-state index in [-0.39, 0.29) is 22.0 Å². The first-order valence-corrected chi connectivity index (χ1v) is 11.5. The van der Waals surface area contributed by atoms with Gasteiger partial charge >= 0.3 is 18.0 Å². The van der Waals surface area contributed by atoms with Crippen LogP contribution in [0.25, 0.3) is 11.4 Å². The second-order valence-corrected chi connectivity index (χ2v) is 9.37. The number of primary amides is 1. The average Bonchev–Trinajstić information content (AvgIpc) is 3.13. The average molecular weight is 579 g/mol. The van der Waals surface area contributed by atoms with Gasteiger partial charge in [0.2, 0.25) is 5.91 Å². The van der Waals surface area contributed by atoms with E-state index in [9.17, 15) is 45.8 Å². The van der Waals surface area contributed by atoms with Gasteiger partial charge in [-0.15, -0.1) is 5.10 Å². The third-order valence-electron chi connectivity index (χ3n) is 6.01. The minimum absolute atomic E-state index is 0.142. The molecule has 8 nitrogen and oxygen atoms in total. The van der Waals surface area contributed by atoms with Gasteiger partial charge in [-0.25, -0.2) is 9.48 Å². The molecule has 0 fully saturated rings. The summed E-state index contributed by atoms with van der Waals surface area (Å²) in [6.45, 7) is -0.934. The van der Waals surface area contributed by atoms with Gasteiger partial charge in [0.1, 0.15) is 6.54 Å². The fourth-order valence-electron chi connectivity index (χ4n) is 3.79. The Kier molecular flexibility index (Phi) is 8.32. The van der Waals surface area contributed by atoms with Crippen LogP contribution in [0.4, 0.5) is 26.3 Å². The third-order valence-corrected chi connectivity index (χ3v) is 6.26. The maximum absolute atomic E-state index is 13.2. The molecule has 210 valence electrons. The summed E-state index contributed by atoms with van der Waals surface area (Å²) >= 11 is 5.83. The number of nitrogens with zero attached hydrogens (tertiary/aromatic N) is 3. The zero-order valence-corrected chi connectivity index (χ0v) is 20.8. The number of hydrogen-bond donors (Lipinski definition) is 2. The molecule has 0 aliphatic heterocycles. The van der Waals surface area contributed by atoms with E-state index in [0.717, 1.165) is 19.1 Å². The first kappa shape index (κ1) is 29.9. The molecule has 3 rings (SSSR count). The molecule has 3 N–H and O–H groups in total. The number of benzene rings is 2. The molecule has 0 aliphatic carbocycles. The summed E-state index contributed by atoms with van der Waals surface area (Å²) in [4.78, 5) is 38.2. The Balaban J connectivity index is 1.98. The highest BCUT2D eigenvalue weighted by molar-refractivity contribution is 6.30. The van der Waals surface area contributed by atoms with E-state index in [1.807, 2.05) is 0 Å². The molecule has 0 saturated heterocycles. The second kappa shape index (κ2) is 10.8. The molecular weight excluding hydrogens is 558 g/mol. The molecule has 0 bridgehead atoms. The van der Waals surface area contributed by atoms with E-state index >= 15 is 0 Å². The molecular formula is C24H21ClF6N4O4. The highest BCUT2D eigenvalue weighted by Gasteiger charge is 2.40. The lowest BCUT2D eigenvalue weighted by Gasteiger charge is -2.26. The summed E-state index contributed by atoms with van der Waals surface area (Å²) < 4.78 is 79.7. The number of rotatable bonds is 9. The first-order valence-electron chi connectivity index (χ1n) is 11.1. The maximum atomic E-state index is 13.2. The standard InChI is InChI=1S/C24H21ClF6N4O4/c1-22(20(32)38,14-3-2-4-15(9-14)23(26,27)28)10-17(36)11-35-21(39)34(12-18(37)24(29,30)31)19(33-35)13-5-7-16(25)8-6-13/h2-9,18,37H,10-12H2,1H3,(H2,32,38)/t18-,22+/m0/s1. The van der Waals surface area contributed by atoms with Crippen LogP contribution in [0.5, 0.6) is 0 Å². The number of nitrogens with two attached hydrogens (primary N) is 1. The third kappa shape index (κ3) is 6.68. The van der Waals surface area contributed by atoms with Crippen molar-refractivity contribution in [1.82, 2.24) is 14.3 Å². The largest absolute Gasteiger partial charge is 0.416 e. The van der Waals surface area contributed by atoms with Crippen molar-refractivity contribution in [2.75, 3.05) is 0 Å². The van der Waals surface area contributed by atoms with Gasteiger partial charge in [-0.1, -0.05) is 29.8 Å². The summed E-state index contributed by atoms with van der Waals surface area (Å²) in [5.74, 6) is -2.31. The van der Waals surface area contributed by atoms with E-state index in [4.69, 9.17) is 17.3 Å². The fourth-order valence-corrected chi connectivity index (χ4v) is 3.91. The Morgan fingerprint density at radius 3 is 2.18 bits per heavy atom. The van der Waals surface area contributed by atoms with Crippen LogP contribution in [0.3, 0.4) is 0 Å². The van der Waals surface area contributed by atoms with Gasteiger partial charge in [-0.05, 0) is 42.8 Å². The predicted molar refractivity (Wildman–Crippen MR) is 127 cm³/mol. The topological polar surface area (TPSA) is 120 Å². The first-order chi connectivity index (χ1) is 17.9. The highest BCUT2D eigenvalue weighted by atomic mass is 35.5. The van der Waals surface area contributed by atoms with Crippen molar-refractivity contribution in [2.24, 2.45) is 5.73 Å². The lowest BCUT2D eigenvalue weighted by atomic mass is 9.77. The number of ketones is 1. The highest BCUT2D eigenvalue weighted by Crippen LogP contribution is 2.34. The van der Waals surface area contributed by atoms with Crippen LogP contribution in [-0.2, 0) is 34.3 Å². The van der Waals surface area contributed by atoms with Gasteiger partial charge in [-0.3, -0.25) is 14.2 Å². The Labute approximate surface area is 221 Å². The van der Waals surface area contributed by atoms with Crippen molar-refractivity contribution >= 4 is 23.3 Å². The summed E-state index contributed by atoms with van der Waals surface area (Å²) in [5, 5.41) is 13.8. The Hall–Kier alpha value is -3.65. The maximum Gasteiger partial charge on any atom is 0.416 e. The summed E-state index contributed by atoms with van der Waals surface area (Å²) in [5.41, 5.74) is 1.20. The van der Waals surface area contributed by atoms with Gasteiger partial charge in [0, 0.05) is 17.0 Å². The zero-order chi connectivity index (χ0) is 29.3. The predicted octanol–water partition coefficient (Wildman–Crippen LogP) is 3.71. The molecule has 0 spiro atoms. The Morgan fingerprint density at radius 1 is 1.05 bits per heavy atom. The van der Waals surface area contributed by atoms with Crippen molar-refractivity contribution in [2.45, 2.75) is 50.3 Å². The lowest BCUT2D eigenvalue weighted by Crippen LogP contribution is -2.42. The van der Waals surface area contributed by atoms with Crippen LogP contribution in [0.2, 0.25) is 5.02 Å². The minimum Gasteiger partial charge on any atom is -0.382 e. The normalized spacial score (nSPS) is 14.6. The number of hydrogen-bond acceptors (Lipinski definition) is 5. The van der Waals surface area contributed by atoms with Gasteiger partial charge in [0.15, 0.2) is 17.7 Å². The molecule has 0 saturated carbocycles. The molecule has 15 heteroatoms. The lowest BCUT2D eigenvalue weighted by molar-refractivity contribution is -0.207. The zero-order valence-electron chi connectivity index (χ0n) is 20.1. The van der Waals surface area contributed by atoms with Crippen LogP contribution in [0.15, 0.2) is 53.3 Å². The molecule has 0 unspecified atom stereocenters. The molecule has 3 aromatic rings. The molecule has 1 aromatic heterocycles. The van der Waals surface area contributed by atoms with E-state index in [2.05, 4.69) is 5.10 Å². The minimum atomic E-state index is -5.07. The monoisotopic (exact) mass is 578 g/mol. The van der Waals surface area contributed by atoms with E-state index in [1.165, 1.54) is 30.3 Å². The molecule has 0 radical (unpaired) electrons. The van der Waals surface area contributed by atoms with Gasteiger partial charge in [0.25, 0.3) is 0 Å². The van der Waals surface area contributed by atoms with E-state index in [1.54, 1.807) is 0 Å². The van der Waals surface area contributed by atoms with Gasteiger partial charge < -0.3 is 10.8 Å². The summed E-state index contributed by atoms with van der Waals surface area (Å²) in [7, 11) is 0. The Morgan fingerprint density at radius 2 is 1.64 bits per heavy atom. The number of carbonyl (C=O) groups is 2. The van der Waals surface area contributed by atoms with Crippen LogP contribution in [0.1, 0.15) is 24.5 Å². The van der Waals surface area contributed by atoms with Crippen LogP contribution in [0, 0.1) is 0 Å². The Bertz CT molecular complexity index is 1430. The molecule has 2 atom stereocenters. The fraction of sp³-hybridized carbons (Fsp3) is 0.333. The SMILES string of the molecule is C[C@](CC(=O)Cn1nc(-c2ccc(Cl)cc2)n(C[C@H](O)C(F)(F)F)c1=O)(C(N)=O)c1cccc(C(F)(F)F)c1.